The van der Waals surface area contributed by atoms with E-state index in [1.165, 1.54) is 12.8 Å². The second-order valence-corrected chi connectivity index (χ2v) is 8.37. The molecule has 0 N–H and O–H groups in total. The summed E-state index contributed by atoms with van der Waals surface area (Å²) in [4.78, 5) is 26.6. The number of fused-ring (bicyclic) bond motifs is 1. The molecule has 1 aromatic carbocycles. The van der Waals surface area contributed by atoms with E-state index in [2.05, 4.69) is 33.0 Å². The van der Waals surface area contributed by atoms with Gasteiger partial charge in [0, 0.05) is 37.2 Å². The number of hydrogen-bond acceptors (Lipinski definition) is 5. The van der Waals surface area contributed by atoms with Crippen molar-refractivity contribution in [2.75, 3.05) is 31.1 Å². The Hall–Kier alpha value is -2.21. The first-order valence-electron chi connectivity index (χ1n) is 10.6. The number of benzene rings is 1. The lowest BCUT2D eigenvalue weighted by Crippen LogP contribution is -2.46. The molecule has 28 heavy (non-hydrogen) atoms. The van der Waals surface area contributed by atoms with Gasteiger partial charge in [-0.25, -0.2) is 9.97 Å². The Kier molecular flexibility index (Phi) is 4.67. The number of amides is 1. The summed E-state index contributed by atoms with van der Waals surface area (Å²) in [5.74, 6) is 1.26. The Labute approximate surface area is 165 Å². The molecule has 1 unspecified atom stereocenters. The number of likely N-dealkylation sites (tertiary alicyclic amines) is 1. The highest BCUT2D eigenvalue weighted by molar-refractivity contribution is 5.89. The number of rotatable bonds is 2. The summed E-state index contributed by atoms with van der Waals surface area (Å²) < 4.78 is 5.65. The van der Waals surface area contributed by atoms with Crippen molar-refractivity contribution in [2.24, 2.45) is 0 Å². The van der Waals surface area contributed by atoms with E-state index in [9.17, 15) is 4.79 Å². The van der Waals surface area contributed by atoms with Gasteiger partial charge in [-0.1, -0.05) is 12.1 Å². The van der Waals surface area contributed by atoms with Crippen LogP contribution in [0.15, 0.2) is 30.6 Å². The minimum Gasteiger partial charge on any atom is -0.368 e. The molecule has 1 spiro atoms. The van der Waals surface area contributed by atoms with Gasteiger partial charge < -0.3 is 14.5 Å². The van der Waals surface area contributed by atoms with E-state index in [4.69, 9.17) is 9.72 Å². The first kappa shape index (κ1) is 17.9. The molecule has 4 heterocycles. The number of nitrogens with zero attached hydrogens (tertiary/aromatic N) is 4. The zero-order chi connectivity index (χ0) is 19.0. The van der Waals surface area contributed by atoms with Crippen LogP contribution in [-0.4, -0.2) is 58.7 Å². The summed E-state index contributed by atoms with van der Waals surface area (Å²) in [6.07, 6.45) is 8.86. The van der Waals surface area contributed by atoms with Gasteiger partial charge in [0.2, 0.25) is 0 Å². The molecule has 2 atom stereocenters. The molecule has 0 bridgehead atoms. The van der Waals surface area contributed by atoms with Crippen molar-refractivity contribution in [3.05, 3.63) is 30.6 Å². The highest BCUT2D eigenvalue weighted by atomic mass is 16.5. The van der Waals surface area contributed by atoms with Crippen LogP contribution in [0.4, 0.5) is 5.82 Å². The summed E-state index contributed by atoms with van der Waals surface area (Å²) in [7, 11) is 0. The van der Waals surface area contributed by atoms with Crippen LogP contribution in [0.3, 0.4) is 0 Å². The number of para-hydroxylation sites is 1. The highest BCUT2D eigenvalue weighted by Crippen LogP contribution is 2.42. The fourth-order valence-electron chi connectivity index (χ4n) is 5.37. The van der Waals surface area contributed by atoms with Crippen LogP contribution in [0, 0.1) is 0 Å². The maximum absolute atomic E-state index is 12.8. The third kappa shape index (κ3) is 3.04. The lowest BCUT2D eigenvalue weighted by molar-refractivity contribution is -0.140. The van der Waals surface area contributed by atoms with Gasteiger partial charge in [-0.15, -0.1) is 0 Å². The van der Waals surface area contributed by atoms with Crippen molar-refractivity contribution in [2.45, 2.75) is 56.6 Å². The predicted octanol–water partition coefficient (Wildman–Crippen LogP) is 3.16. The second kappa shape index (κ2) is 7.32. The van der Waals surface area contributed by atoms with Crippen LogP contribution >= 0.6 is 0 Å². The average molecular weight is 380 g/mol. The first-order chi connectivity index (χ1) is 13.8. The Balaban J connectivity index is 1.40. The highest BCUT2D eigenvalue weighted by Gasteiger charge is 2.44. The molecule has 3 fully saturated rings. The first-order valence-corrected chi connectivity index (χ1v) is 10.6. The fraction of sp³-hybridized carbons (Fsp3) is 0.591. The van der Waals surface area contributed by atoms with Crippen molar-refractivity contribution in [3.63, 3.8) is 0 Å². The average Bonchev–Trinajstić information content (AvgIpc) is 3.35. The number of ether oxygens (including phenoxy) is 1. The molecule has 3 aliphatic rings. The van der Waals surface area contributed by atoms with E-state index in [1.54, 1.807) is 6.33 Å². The number of aromatic nitrogens is 2. The Morgan fingerprint density at radius 3 is 2.75 bits per heavy atom. The molecule has 148 valence electrons. The summed E-state index contributed by atoms with van der Waals surface area (Å²) in [6.45, 7) is 3.42. The van der Waals surface area contributed by atoms with E-state index in [1.807, 2.05) is 6.07 Å². The summed E-state index contributed by atoms with van der Waals surface area (Å²) >= 11 is 0. The third-order valence-electron chi connectivity index (χ3n) is 6.81. The lowest BCUT2D eigenvalue weighted by atomic mass is 9.87. The van der Waals surface area contributed by atoms with Crippen molar-refractivity contribution >= 4 is 22.6 Å². The quantitative estimate of drug-likeness (QED) is 0.801. The minimum atomic E-state index is -0.209. The molecular formula is C22H28N4O2. The van der Waals surface area contributed by atoms with E-state index in [-0.39, 0.29) is 17.6 Å². The molecule has 1 aromatic heterocycles. The molecule has 3 aliphatic heterocycles. The predicted molar refractivity (Wildman–Crippen MR) is 108 cm³/mol. The molecule has 5 rings (SSSR count). The summed E-state index contributed by atoms with van der Waals surface area (Å²) in [5.41, 5.74) is 1.10. The second-order valence-electron chi connectivity index (χ2n) is 8.37. The van der Waals surface area contributed by atoms with Gasteiger partial charge in [0.05, 0.1) is 5.52 Å². The van der Waals surface area contributed by atoms with Crippen molar-refractivity contribution in [3.8, 4) is 0 Å². The van der Waals surface area contributed by atoms with Gasteiger partial charge >= 0.3 is 0 Å². The molecule has 6 nitrogen and oxygen atoms in total. The SMILES string of the molecule is O=C([C@H]1CCCO1)N1CCCC2(CCCN2c2ncnc3ccccc23)CC1. The maximum Gasteiger partial charge on any atom is 0.251 e. The monoisotopic (exact) mass is 380 g/mol. The van der Waals surface area contributed by atoms with E-state index in [0.29, 0.717) is 0 Å². The van der Waals surface area contributed by atoms with Crippen molar-refractivity contribution in [1.82, 2.24) is 14.9 Å². The molecule has 6 heteroatoms. The lowest BCUT2D eigenvalue weighted by Gasteiger charge is -2.39. The van der Waals surface area contributed by atoms with E-state index in [0.717, 1.165) is 75.1 Å². The van der Waals surface area contributed by atoms with Crippen LogP contribution in [0.5, 0.6) is 0 Å². The van der Waals surface area contributed by atoms with Gasteiger partial charge in [0.25, 0.3) is 5.91 Å². The molecule has 1 amide bonds. The van der Waals surface area contributed by atoms with Crippen LogP contribution in [0.1, 0.15) is 44.9 Å². The zero-order valence-electron chi connectivity index (χ0n) is 16.3. The molecular weight excluding hydrogens is 352 g/mol. The van der Waals surface area contributed by atoms with Gasteiger partial charge in [-0.2, -0.15) is 0 Å². The number of carbonyl (C=O) groups excluding carboxylic acids is 1. The Bertz CT molecular complexity index is 861. The van der Waals surface area contributed by atoms with Gasteiger partial charge in [-0.3, -0.25) is 4.79 Å². The molecule has 0 radical (unpaired) electrons. The third-order valence-corrected chi connectivity index (χ3v) is 6.81. The van der Waals surface area contributed by atoms with Crippen LogP contribution in [-0.2, 0) is 9.53 Å². The minimum absolute atomic E-state index is 0.0999. The molecule has 3 saturated heterocycles. The number of anilines is 1. The van der Waals surface area contributed by atoms with E-state index >= 15 is 0 Å². The van der Waals surface area contributed by atoms with E-state index < -0.39 is 0 Å². The maximum atomic E-state index is 12.8. The zero-order valence-corrected chi connectivity index (χ0v) is 16.3. The van der Waals surface area contributed by atoms with Crippen molar-refractivity contribution in [1.29, 1.82) is 0 Å². The molecule has 0 saturated carbocycles. The van der Waals surface area contributed by atoms with Gasteiger partial charge in [0.1, 0.15) is 18.2 Å². The Morgan fingerprint density at radius 2 is 1.89 bits per heavy atom. The summed E-state index contributed by atoms with van der Waals surface area (Å²) in [6, 6.07) is 8.27. The summed E-state index contributed by atoms with van der Waals surface area (Å²) in [5, 5.41) is 1.13. The standard InChI is InChI=1S/C22H28N4O2/c27-21(19-8-3-15-28-19)25-12-4-9-22(11-14-25)10-5-13-26(22)20-17-6-1-2-7-18(17)23-16-24-20/h1-2,6-7,16,19H,3-5,8-15H2/t19-,22?/m1/s1. The molecule has 0 aliphatic carbocycles. The topological polar surface area (TPSA) is 58.6 Å². The number of hydrogen-bond donors (Lipinski definition) is 0. The van der Waals surface area contributed by atoms with Gasteiger partial charge in [0.15, 0.2) is 0 Å². The molecule has 2 aromatic rings. The van der Waals surface area contributed by atoms with Crippen LogP contribution in [0.25, 0.3) is 10.9 Å². The largest absolute Gasteiger partial charge is 0.368 e. The smallest absolute Gasteiger partial charge is 0.251 e. The van der Waals surface area contributed by atoms with Crippen LogP contribution in [0.2, 0.25) is 0 Å². The van der Waals surface area contributed by atoms with Crippen LogP contribution < -0.4 is 4.90 Å². The number of carbonyl (C=O) groups is 1. The van der Waals surface area contributed by atoms with Gasteiger partial charge in [-0.05, 0) is 57.1 Å². The van der Waals surface area contributed by atoms with Crippen molar-refractivity contribution < 1.29 is 9.53 Å². The Morgan fingerprint density at radius 1 is 1.04 bits per heavy atom. The fourth-order valence-corrected chi connectivity index (χ4v) is 5.37. The normalized spacial score (nSPS) is 28.2.